The average Bonchev–Trinajstić information content (AvgIpc) is 3.36. The largest absolute Gasteiger partial charge is 0.465 e. The summed E-state index contributed by atoms with van der Waals surface area (Å²) in [6, 6.07) is 5.31. The number of carbonyl (C=O) groups is 3. The average molecular weight is 389 g/mol. The van der Waals surface area contributed by atoms with Gasteiger partial charge in [0.2, 0.25) is 11.2 Å². The van der Waals surface area contributed by atoms with Gasteiger partial charge in [0.25, 0.3) is 0 Å². The summed E-state index contributed by atoms with van der Waals surface area (Å²) < 4.78 is 12.2. The molecular formula is C20H23NO5S. The number of carbonyl (C=O) groups excluding carboxylic acids is 3. The number of thiophene rings is 1. The van der Waals surface area contributed by atoms with E-state index in [1.807, 2.05) is 18.4 Å². The Balaban J connectivity index is 2.05. The van der Waals surface area contributed by atoms with Crippen molar-refractivity contribution >= 4 is 29.1 Å². The van der Waals surface area contributed by atoms with Crippen molar-refractivity contribution in [3.8, 4) is 0 Å². The lowest BCUT2D eigenvalue weighted by molar-refractivity contribution is -0.164. The quantitative estimate of drug-likeness (QED) is 0.413. The van der Waals surface area contributed by atoms with Crippen LogP contribution in [0, 0.1) is 0 Å². The van der Waals surface area contributed by atoms with E-state index in [9.17, 15) is 14.4 Å². The second-order valence-electron chi connectivity index (χ2n) is 6.31. The minimum Gasteiger partial charge on any atom is -0.465 e. The maximum Gasteiger partial charge on any atom is 0.329 e. The Kier molecular flexibility index (Phi) is 5.51. The Morgan fingerprint density at radius 1 is 1.07 bits per heavy atom. The molecule has 0 fully saturated rings. The molecule has 3 heterocycles. The molecule has 27 heavy (non-hydrogen) atoms. The van der Waals surface area contributed by atoms with Gasteiger partial charge in [-0.05, 0) is 55.8 Å². The smallest absolute Gasteiger partial charge is 0.329 e. The molecule has 0 atom stereocenters. The summed E-state index contributed by atoms with van der Waals surface area (Å²) in [5, 5.41) is 1.90. The molecule has 2 aromatic rings. The highest BCUT2D eigenvalue weighted by Crippen LogP contribution is 2.40. The van der Waals surface area contributed by atoms with Crippen LogP contribution in [0.1, 0.15) is 53.8 Å². The van der Waals surface area contributed by atoms with Crippen LogP contribution in [0.2, 0.25) is 0 Å². The summed E-state index contributed by atoms with van der Waals surface area (Å²) >= 11 is 1.41. The fourth-order valence-electron chi connectivity index (χ4n) is 3.62. The van der Waals surface area contributed by atoms with Crippen LogP contribution in [0.15, 0.2) is 23.6 Å². The number of hydrogen-bond acceptors (Lipinski definition) is 6. The fraction of sp³-hybridized carbons (Fsp3) is 0.450. The van der Waals surface area contributed by atoms with Crippen LogP contribution in [0.5, 0.6) is 0 Å². The van der Waals surface area contributed by atoms with Crippen LogP contribution in [0.3, 0.4) is 0 Å². The summed E-state index contributed by atoms with van der Waals surface area (Å²) in [5.74, 6) is -1.33. The molecule has 0 radical (unpaired) electrons. The summed E-state index contributed by atoms with van der Waals surface area (Å²) in [5.41, 5.74) is 0.448. The fourth-order valence-corrected chi connectivity index (χ4v) is 4.57. The first kappa shape index (κ1) is 19.4. The lowest BCUT2D eigenvalue weighted by Gasteiger charge is -2.23. The molecule has 0 spiro atoms. The maximum atomic E-state index is 13.1. The van der Waals surface area contributed by atoms with E-state index in [2.05, 4.69) is 0 Å². The van der Waals surface area contributed by atoms with Crippen LogP contribution in [0.4, 0.5) is 0 Å². The van der Waals surface area contributed by atoms with Gasteiger partial charge in [-0.3, -0.25) is 14.4 Å². The first-order valence-electron chi connectivity index (χ1n) is 9.16. The number of aryl methyl sites for hydroxylation is 1. The zero-order chi connectivity index (χ0) is 19.6. The van der Waals surface area contributed by atoms with Crippen molar-refractivity contribution in [3.63, 3.8) is 0 Å². The van der Waals surface area contributed by atoms with Crippen molar-refractivity contribution in [2.75, 3.05) is 13.2 Å². The minimum atomic E-state index is -1.51. The first-order valence-corrected chi connectivity index (χ1v) is 10.0. The number of ether oxygens (including phenoxy) is 2. The van der Waals surface area contributed by atoms with Crippen molar-refractivity contribution in [2.24, 2.45) is 0 Å². The Morgan fingerprint density at radius 2 is 1.74 bits per heavy atom. The summed E-state index contributed by atoms with van der Waals surface area (Å²) in [4.78, 5) is 39.2. The van der Waals surface area contributed by atoms with Gasteiger partial charge in [-0.1, -0.05) is 6.92 Å². The summed E-state index contributed by atoms with van der Waals surface area (Å²) in [7, 11) is 0. The molecule has 7 heteroatoms. The van der Waals surface area contributed by atoms with Crippen molar-refractivity contribution < 1.29 is 23.9 Å². The second kappa shape index (κ2) is 7.68. The van der Waals surface area contributed by atoms with Crippen LogP contribution >= 0.6 is 11.3 Å². The molecule has 6 nitrogen and oxygen atoms in total. The zero-order valence-electron chi connectivity index (χ0n) is 15.7. The number of esters is 2. The van der Waals surface area contributed by atoms with E-state index < -0.39 is 17.4 Å². The predicted octanol–water partition coefficient (Wildman–Crippen LogP) is 3.11. The molecule has 0 amide bonds. The van der Waals surface area contributed by atoms with Crippen molar-refractivity contribution in [2.45, 2.75) is 45.6 Å². The lowest BCUT2D eigenvalue weighted by atomic mass is 9.83. The van der Waals surface area contributed by atoms with Crippen molar-refractivity contribution in [1.29, 1.82) is 0 Å². The van der Waals surface area contributed by atoms with Gasteiger partial charge < -0.3 is 14.0 Å². The molecule has 1 aliphatic heterocycles. The molecule has 0 saturated heterocycles. The Labute approximate surface area is 162 Å². The SMILES string of the molecule is CCOC(=O)C1(C(=O)OCC)CCn2c(C(=O)c3sccc3CC)ccc21. The van der Waals surface area contributed by atoms with Gasteiger partial charge in [0.15, 0.2) is 0 Å². The van der Waals surface area contributed by atoms with E-state index in [1.54, 1.807) is 30.5 Å². The second-order valence-corrected chi connectivity index (χ2v) is 7.23. The van der Waals surface area contributed by atoms with Crippen molar-refractivity contribution in [1.82, 2.24) is 4.57 Å². The van der Waals surface area contributed by atoms with Gasteiger partial charge in [-0.2, -0.15) is 0 Å². The van der Waals surface area contributed by atoms with E-state index in [4.69, 9.17) is 9.47 Å². The molecule has 2 aromatic heterocycles. The van der Waals surface area contributed by atoms with Gasteiger partial charge in [-0.15, -0.1) is 11.3 Å². The normalized spacial score (nSPS) is 14.6. The van der Waals surface area contributed by atoms with E-state index >= 15 is 0 Å². The highest BCUT2D eigenvalue weighted by atomic mass is 32.1. The number of hydrogen-bond donors (Lipinski definition) is 0. The lowest BCUT2D eigenvalue weighted by Crippen LogP contribution is -2.44. The first-order chi connectivity index (χ1) is 13.0. The standard InChI is InChI=1S/C20H23NO5S/c1-4-13-9-12-27-17(13)16(22)14-7-8-15-20(10-11-21(14)15,18(23)25-5-2)19(24)26-6-3/h7-9,12H,4-6,10-11H2,1-3H3. The van der Waals surface area contributed by atoms with Gasteiger partial charge in [0, 0.05) is 12.2 Å². The van der Waals surface area contributed by atoms with Gasteiger partial charge >= 0.3 is 11.9 Å². The predicted molar refractivity (Wildman–Crippen MR) is 101 cm³/mol. The molecule has 0 unspecified atom stereocenters. The number of rotatable bonds is 7. The van der Waals surface area contributed by atoms with Gasteiger partial charge in [-0.25, -0.2) is 0 Å². The van der Waals surface area contributed by atoms with Gasteiger partial charge in [0.05, 0.1) is 23.8 Å². The molecule has 0 N–H and O–H groups in total. The van der Waals surface area contributed by atoms with Crippen molar-refractivity contribution in [3.05, 3.63) is 45.4 Å². The third-order valence-electron chi connectivity index (χ3n) is 4.94. The van der Waals surface area contributed by atoms with Gasteiger partial charge in [0.1, 0.15) is 0 Å². The third-order valence-corrected chi connectivity index (χ3v) is 5.90. The Bertz CT molecular complexity index is 861. The molecule has 0 saturated carbocycles. The summed E-state index contributed by atoms with van der Waals surface area (Å²) in [6.45, 7) is 6.12. The van der Waals surface area contributed by atoms with E-state index in [0.29, 0.717) is 22.8 Å². The minimum absolute atomic E-state index is 0.0865. The van der Waals surface area contributed by atoms with Crippen LogP contribution in [-0.4, -0.2) is 35.5 Å². The number of nitrogens with zero attached hydrogens (tertiary/aromatic N) is 1. The van der Waals surface area contributed by atoms with E-state index in [0.717, 1.165) is 12.0 Å². The van der Waals surface area contributed by atoms with Crippen LogP contribution < -0.4 is 0 Å². The molecule has 0 aromatic carbocycles. The summed E-state index contributed by atoms with van der Waals surface area (Å²) in [6.07, 6.45) is 1.000. The van der Waals surface area contributed by atoms with E-state index in [1.165, 1.54) is 11.3 Å². The molecule has 144 valence electrons. The van der Waals surface area contributed by atoms with E-state index in [-0.39, 0.29) is 25.4 Å². The van der Waals surface area contributed by atoms with Crippen LogP contribution in [0.25, 0.3) is 0 Å². The molecule has 0 aliphatic carbocycles. The highest BCUT2D eigenvalue weighted by molar-refractivity contribution is 7.12. The Hall–Kier alpha value is -2.41. The highest BCUT2D eigenvalue weighted by Gasteiger charge is 2.55. The molecule has 3 rings (SSSR count). The molecule has 1 aliphatic rings. The molecule has 0 bridgehead atoms. The Morgan fingerprint density at radius 3 is 2.33 bits per heavy atom. The maximum absolute atomic E-state index is 13.1. The number of aromatic nitrogens is 1. The third kappa shape index (κ3) is 3.00. The topological polar surface area (TPSA) is 74.6 Å². The monoisotopic (exact) mass is 389 g/mol. The van der Waals surface area contributed by atoms with Crippen LogP contribution in [-0.2, 0) is 37.4 Å². The zero-order valence-corrected chi connectivity index (χ0v) is 16.6. The molecular weight excluding hydrogens is 366 g/mol. The number of ketones is 1. The number of fused-ring (bicyclic) bond motifs is 1.